The Balaban J connectivity index is 5.68. The van der Waals surface area contributed by atoms with Crippen LogP contribution in [0.15, 0.2) is 4.99 Å². The molecular formula is C31H54N6O12. The molecule has 0 heterocycles. The average molecular weight is 703 g/mol. The number of nitrogens with one attached hydrogen (secondary N) is 5. The predicted molar refractivity (Wildman–Crippen MR) is 176 cm³/mol. The molecule has 0 aliphatic heterocycles. The van der Waals surface area contributed by atoms with Gasteiger partial charge in [-0.1, -0.05) is 0 Å². The van der Waals surface area contributed by atoms with E-state index in [0.29, 0.717) is 0 Å². The molecule has 49 heavy (non-hydrogen) atoms. The summed E-state index contributed by atoms with van der Waals surface area (Å²) in [5.41, 5.74) is -3.47. The van der Waals surface area contributed by atoms with E-state index < -0.39 is 89.5 Å². The molecule has 0 aromatic heterocycles. The van der Waals surface area contributed by atoms with Crippen LogP contribution in [0.25, 0.3) is 0 Å². The Hall–Kier alpha value is -4.64. The molecule has 0 radical (unpaired) electrons. The summed E-state index contributed by atoms with van der Waals surface area (Å²) in [6, 6.07) is -2.87. The van der Waals surface area contributed by atoms with Gasteiger partial charge in [-0.2, -0.15) is 0 Å². The van der Waals surface area contributed by atoms with Crippen molar-refractivity contribution in [2.24, 2.45) is 4.99 Å². The lowest BCUT2D eigenvalue weighted by Gasteiger charge is -2.23. The van der Waals surface area contributed by atoms with E-state index in [1.165, 1.54) is 0 Å². The van der Waals surface area contributed by atoms with Gasteiger partial charge in [0.15, 0.2) is 0 Å². The van der Waals surface area contributed by atoms with Crippen molar-refractivity contribution in [3.8, 4) is 0 Å². The number of rotatable bonds is 12. The maximum absolute atomic E-state index is 13.1. The summed E-state index contributed by atoms with van der Waals surface area (Å²) in [7, 11) is 0. The third kappa shape index (κ3) is 24.2. The van der Waals surface area contributed by atoms with Crippen molar-refractivity contribution in [3.63, 3.8) is 0 Å². The Labute approximate surface area is 287 Å². The van der Waals surface area contributed by atoms with E-state index in [0.717, 1.165) is 0 Å². The summed E-state index contributed by atoms with van der Waals surface area (Å²) < 4.78 is 20.7. The van der Waals surface area contributed by atoms with E-state index in [-0.39, 0.29) is 25.3 Å². The van der Waals surface area contributed by atoms with E-state index in [1.54, 1.807) is 83.1 Å². The second kappa shape index (κ2) is 18.8. The van der Waals surface area contributed by atoms with Crippen molar-refractivity contribution < 1.29 is 57.6 Å². The van der Waals surface area contributed by atoms with Crippen molar-refractivity contribution in [2.75, 3.05) is 13.1 Å². The summed E-state index contributed by atoms with van der Waals surface area (Å²) in [5, 5.41) is 21.0. The first kappa shape index (κ1) is 44.4. The summed E-state index contributed by atoms with van der Waals surface area (Å²) >= 11 is 0. The summed E-state index contributed by atoms with van der Waals surface area (Å²) in [6.45, 7) is 18.8. The third-order valence-electron chi connectivity index (χ3n) is 5.01. The monoisotopic (exact) mass is 702 g/mol. The highest BCUT2D eigenvalue weighted by Crippen LogP contribution is 2.11. The quantitative estimate of drug-likeness (QED) is 0.0564. The number of aliphatic imine (C=N–C) groups is 1. The SMILES string of the molecule is CC(C)(C)OC(=O)C[C@H](NC(=O)CNC(=O)[C@H](CCCN=C(NC(=O)OC(C)(C)C)NC(=O)OC(C)(C)C)NC(=O)OC(C)(C)C)C(=O)O. The number of guanidine groups is 1. The minimum atomic E-state index is -1.62. The number of nitrogens with zero attached hydrogens (tertiary/aromatic N) is 1. The van der Waals surface area contributed by atoms with Gasteiger partial charge < -0.3 is 40.0 Å². The molecule has 18 heteroatoms. The highest BCUT2D eigenvalue weighted by Gasteiger charge is 2.28. The van der Waals surface area contributed by atoms with Crippen LogP contribution in [0.3, 0.4) is 0 Å². The highest BCUT2D eigenvalue weighted by atomic mass is 16.6. The Bertz CT molecular complexity index is 1190. The van der Waals surface area contributed by atoms with Crippen LogP contribution in [-0.2, 0) is 38.1 Å². The topological polar surface area (TPSA) is 249 Å². The molecule has 0 aliphatic carbocycles. The molecule has 0 aliphatic rings. The Morgan fingerprint density at radius 3 is 1.51 bits per heavy atom. The standard InChI is InChI=1S/C31H54N6O12/c1-28(2,3)46-21(39)16-19(23(41)42)34-20(38)17-33-22(40)18(35-25(43)47-29(4,5)6)14-13-15-32-24(36-26(44)48-30(7,8)9)37-27(45)49-31(10,11)12/h18-19H,13-17H2,1-12H3,(H,33,40)(H,34,38)(H,35,43)(H,41,42)(H2,32,36,37,44,45)/t18-,19-/m0/s1. The van der Waals surface area contributed by atoms with Gasteiger partial charge in [-0.15, -0.1) is 0 Å². The Morgan fingerprint density at radius 2 is 1.08 bits per heavy atom. The van der Waals surface area contributed by atoms with Gasteiger partial charge in [0, 0.05) is 6.54 Å². The maximum atomic E-state index is 13.1. The number of carbonyl (C=O) groups is 7. The minimum Gasteiger partial charge on any atom is -0.480 e. The Morgan fingerprint density at radius 1 is 0.633 bits per heavy atom. The fourth-order valence-corrected chi connectivity index (χ4v) is 3.40. The molecule has 0 saturated carbocycles. The lowest BCUT2D eigenvalue weighted by atomic mass is 10.1. The predicted octanol–water partition coefficient (Wildman–Crippen LogP) is 2.48. The zero-order valence-corrected chi connectivity index (χ0v) is 30.6. The van der Waals surface area contributed by atoms with Crippen LogP contribution in [0, 0.1) is 0 Å². The molecule has 0 rings (SSSR count). The van der Waals surface area contributed by atoms with Crippen LogP contribution in [-0.4, -0.2) is 101 Å². The van der Waals surface area contributed by atoms with Gasteiger partial charge >= 0.3 is 30.2 Å². The molecule has 280 valence electrons. The number of carboxylic acids is 1. The molecule has 0 aromatic carbocycles. The van der Waals surface area contributed by atoms with Crippen molar-refractivity contribution in [3.05, 3.63) is 0 Å². The maximum Gasteiger partial charge on any atom is 0.414 e. The lowest BCUT2D eigenvalue weighted by Crippen LogP contribution is -2.51. The number of aliphatic carboxylic acids is 1. The number of amides is 5. The van der Waals surface area contributed by atoms with Crippen molar-refractivity contribution >= 4 is 48.0 Å². The minimum absolute atomic E-state index is 0.0568. The molecular weight excluding hydrogens is 648 g/mol. The van der Waals surface area contributed by atoms with E-state index in [9.17, 15) is 38.7 Å². The van der Waals surface area contributed by atoms with Crippen LogP contribution < -0.4 is 26.6 Å². The number of alkyl carbamates (subject to hydrolysis) is 3. The van der Waals surface area contributed by atoms with Gasteiger partial charge in [0.2, 0.25) is 17.8 Å². The number of esters is 1. The summed E-state index contributed by atoms with van der Waals surface area (Å²) in [5.74, 6) is -4.36. The normalized spacial score (nSPS) is 13.0. The number of ether oxygens (including phenoxy) is 4. The van der Waals surface area contributed by atoms with Gasteiger partial charge in [-0.3, -0.25) is 30.0 Å². The third-order valence-corrected chi connectivity index (χ3v) is 5.01. The summed E-state index contributed by atoms with van der Waals surface area (Å²) in [6.07, 6.45) is -3.33. The molecule has 0 spiro atoms. The van der Waals surface area contributed by atoms with Gasteiger partial charge in [0.05, 0.1) is 13.0 Å². The fourth-order valence-electron chi connectivity index (χ4n) is 3.40. The summed E-state index contributed by atoms with van der Waals surface area (Å²) in [4.78, 5) is 90.5. The van der Waals surface area contributed by atoms with E-state index in [1.807, 2.05) is 0 Å². The van der Waals surface area contributed by atoms with E-state index in [4.69, 9.17) is 18.9 Å². The van der Waals surface area contributed by atoms with Crippen LogP contribution in [0.1, 0.15) is 102 Å². The van der Waals surface area contributed by atoms with Crippen LogP contribution in [0.5, 0.6) is 0 Å². The van der Waals surface area contributed by atoms with Gasteiger partial charge in [-0.25, -0.2) is 19.2 Å². The van der Waals surface area contributed by atoms with Crippen LogP contribution >= 0.6 is 0 Å². The van der Waals surface area contributed by atoms with Crippen molar-refractivity contribution in [2.45, 2.75) is 137 Å². The largest absolute Gasteiger partial charge is 0.480 e. The van der Waals surface area contributed by atoms with E-state index in [2.05, 4.69) is 31.6 Å². The number of hydrogen-bond donors (Lipinski definition) is 6. The smallest absolute Gasteiger partial charge is 0.414 e. The van der Waals surface area contributed by atoms with Gasteiger partial charge in [-0.05, 0) is 95.9 Å². The first-order valence-corrected chi connectivity index (χ1v) is 15.6. The second-order valence-electron chi connectivity index (χ2n) is 14.8. The molecule has 5 amide bonds. The molecule has 0 aromatic rings. The molecule has 6 N–H and O–H groups in total. The molecule has 2 atom stereocenters. The van der Waals surface area contributed by atoms with Gasteiger partial charge in [0.1, 0.15) is 34.5 Å². The lowest BCUT2D eigenvalue weighted by molar-refractivity contribution is -0.158. The highest BCUT2D eigenvalue weighted by molar-refractivity contribution is 6.01. The van der Waals surface area contributed by atoms with Gasteiger partial charge in [0.25, 0.3) is 0 Å². The second-order valence-corrected chi connectivity index (χ2v) is 14.8. The Kier molecular flexibility index (Phi) is 17.0. The zero-order chi connectivity index (χ0) is 38.4. The zero-order valence-electron chi connectivity index (χ0n) is 30.6. The molecule has 0 saturated heterocycles. The average Bonchev–Trinajstić information content (AvgIpc) is 2.83. The fraction of sp³-hybridized carbons (Fsp3) is 0.742. The number of carbonyl (C=O) groups excluding carboxylic acids is 6. The molecule has 0 unspecified atom stereocenters. The first-order chi connectivity index (χ1) is 22.0. The number of hydrogen-bond acceptors (Lipinski definition) is 12. The van der Waals surface area contributed by atoms with Crippen molar-refractivity contribution in [1.82, 2.24) is 26.6 Å². The molecule has 0 fully saturated rings. The first-order valence-electron chi connectivity index (χ1n) is 15.6. The van der Waals surface area contributed by atoms with Crippen LogP contribution in [0.2, 0.25) is 0 Å². The molecule has 18 nitrogen and oxygen atoms in total. The van der Waals surface area contributed by atoms with E-state index >= 15 is 0 Å². The van der Waals surface area contributed by atoms with Crippen LogP contribution in [0.4, 0.5) is 14.4 Å². The molecule has 0 bridgehead atoms. The number of carboxylic acid groups (broad SMARTS) is 1. The van der Waals surface area contributed by atoms with Crippen molar-refractivity contribution in [1.29, 1.82) is 0 Å².